The van der Waals surface area contributed by atoms with E-state index >= 15 is 0 Å². The van der Waals surface area contributed by atoms with Crippen LogP contribution in [0.1, 0.15) is 12.0 Å². The topological polar surface area (TPSA) is 35.5 Å². The predicted molar refractivity (Wildman–Crippen MR) is 75.4 cm³/mol. The summed E-state index contributed by atoms with van der Waals surface area (Å²) in [5, 5.41) is 0. The molecular weight excluding hydrogens is 331 g/mol. The second kappa shape index (κ2) is 8.25. The fraction of sp³-hybridized carbons (Fsp3) is 0.308. The lowest BCUT2D eigenvalue weighted by molar-refractivity contribution is -0.104. The van der Waals surface area contributed by atoms with E-state index in [9.17, 15) is 4.79 Å². The predicted octanol–water partition coefficient (Wildman–Crippen LogP) is 3.12. The highest BCUT2D eigenvalue weighted by molar-refractivity contribution is 14.1. The molecule has 0 N–H and O–H groups in total. The van der Waals surface area contributed by atoms with Crippen molar-refractivity contribution in [1.29, 1.82) is 0 Å². The van der Waals surface area contributed by atoms with E-state index in [-0.39, 0.29) is 0 Å². The van der Waals surface area contributed by atoms with Crippen molar-refractivity contribution in [3.63, 3.8) is 0 Å². The normalized spacial score (nSPS) is 11.3. The molecule has 4 heteroatoms. The highest BCUT2D eigenvalue weighted by Crippen LogP contribution is 2.12. The molecule has 0 unspecified atom stereocenters. The molecule has 0 aliphatic carbocycles. The molecule has 0 saturated heterocycles. The number of allylic oxidation sites excluding steroid dienone is 1. The first kappa shape index (κ1) is 14.2. The fourth-order valence-electron chi connectivity index (χ4n) is 1.24. The van der Waals surface area contributed by atoms with Crippen LogP contribution in [0.4, 0.5) is 0 Å². The molecule has 1 aromatic carbocycles. The van der Waals surface area contributed by atoms with Crippen molar-refractivity contribution in [1.82, 2.24) is 0 Å². The highest BCUT2D eigenvalue weighted by Gasteiger charge is 1.94. The number of methoxy groups -OCH3 is 1. The highest BCUT2D eigenvalue weighted by atomic mass is 127. The zero-order valence-electron chi connectivity index (χ0n) is 9.69. The van der Waals surface area contributed by atoms with Gasteiger partial charge in [-0.15, -0.1) is 0 Å². The summed E-state index contributed by atoms with van der Waals surface area (Å²) < 4.78 is 11.3. The van der Waals surface area contributed by atoms with Crippen molar-refractivity contribution in [3.05, 3.63) is 39.5 Å². The van der Waals surface area contributed by atoms with E-state index in [1.54, 1.807) is 7.11 Å². The van der Waals surface area contributed by atoms with Gasteiger partial charge in [0, 0.05) is 3.58 Å². The van der Waals surface area contributed by atoms with Crippen molar-refractivity contribution < 1.29 is 14.3 Å². The third-order valence-electron chi connectivity index (χ3n) is 2.14. The Hall–Kier alpha value is -0.880. The lowest BCUT2D eigenvalue weighted by atomic mass is 10.2. The molecule has 92 valence electrons. The van der Waals surface area contributed by atoms with Gasteiger partial charge in [0.05, 0.1) is 20.3 Å². The van der Waals surface area contributed by atoms with Crippen LogP contribution in [-0.4, -0.2) is 20.0 Å². The Morgan fingerprint density at radius 2 is 2.06 bits per heavy atom. The molecule has 0 aliphatic rings. The molecule has 0 saturated carbocycles. The van der Waals surface area contributed by atoms with Crippen molar-refractivity contribution in [3.8, 4) is 5.75 Å². The van der Waals surface area contributed by atoms with Gasteiger partial charge >= 0.3 is 0 Å². The van der Waals surface area contributed by atoms with Gasteiger partial charge in [-0.1, -0.05) is 18.2 Å². The number of rotatable bonds is 7. The van der Waals surface area contributed by atoms with E-state index in [1.807, 2.05) is 52.9 Å². The maximum atomic E-state index is 10.3. The first-order valence-electron chi connectivity index (χ1n) is 5.27. The zero-order chi connectivity index (χ0) is 12.5. The number of aldehydes is 1. The maximum absolute atomic E-state index is 10.3. The largest absolute Gasteiger partial charge is 0.497 e. The summed E-state index contributed by atoms with van der Waals surface area (Å²) in [6.07, 6.45) is 3.46. The lowest BCUT2D eigenvalue weighted by Gasteiger charge is -2.04. The van der Waals surface area contributed by atoms with Crippen molar-refractivity contribution >= 4 is 28.9 Å². The van der Waals surface area contributed by atoms with Crippen LogP contribution < -0.4 is 4.74 Å². The number of ether oxygens (including phenoxy) is 2. The second-order valence-corrected chi connectivity index (χ2v) is 4.64. The summed E-state index contributed by atoms with van der Waals surface area (Å²) in [5.41, 5.74) is 1.11. The number of halogens is 1. The minimum atomic E-state index is 0.579. The fourth-order valence-corrected chi connectivity index (χ4v) is 1.55. The molecule has 3 nitrogen and oxygen atoms in total. The standard InChI is InChI=1S/C13H15IO3/c1-16-13-6-4-11(5-7-13)10-17-8-2-3-12(14)9-15/h3-7,9H,2,8,10H2,1H3/b12-3-. The summed E-state index contributed by atoms with van der Waals surface area (Å²) in [6.45, 7) is 1.20. The van der Waals surface area contributed by atoms with Gasteiger partial charge in [0.2, 0.25) is 0 Å². The summed E-state index contributed by atoms with van der Waals surface area (Å²) in [4.78, 5) is 10.3. The summed E-state index contributed by atoms with van der Waals surface area (Å²) in [7, 11) is 1.65. The third-order valence-corrected chi connectivity index (χ3v) is 2.84. The first-order valence-corrected chi connectivity index (χ1v) is 6.35. The SMILES string of the molecule is COc1ccc(COCC/C=C(\I)C=O)cc1. The smallest absolute Gasteiger partial charge is 0.155 e. The Morgan fingerprint density at radius 1 is 1.35 bits per heavy atom. The van der Waals surface area contributed by atoms with Crippen LogP contribution in [-0.2, 0) is 16.1 Å². The average molecular weight is 346 g/mol. The van der Waals surface area contributed by atoms with Gasteiger partial charge in [-0.25, -0.2) is 0 Å². The van der Waals surface area contributed by atoms with Gasteiger partial charge in [0.15, 0.2) is 6.29 Å². The third kappa shape index (κ3) is 5.83. The van der Waals surface area contributed by atoms with Crippen molar-refractivity contribution in [2.45, 2.75) is 13.0 Å². The molecule has 0 radical (unpaired) electrons. The molecule has 0 aromatic heterocycles. The molecule has 0 fully saturated rings. The van der Waals surface area contributed by atoms with Gasteiger partial charge < -0.3 is 9.47 Å². The molecule has 0 amide bonds. The lowest BCUT2D eigenvalue weighted by Crippen LogP contribution is -1.94. The zero-order valence-corrected chi connectivity index (χ0v) is 11.8. The Morgan fingerprint density at radius 3 is 2.65 bits per heavy atom. The van der Waals surface area contributed by atoms with E-state index in [1.165, 1.54) is 0 Å². The van der Waals surface area contributed by atoms with Crippen molar-refractivity contribution in [2.75, 3.05) is 13.7 Å². The monoisotopic (exact) mass is 346 g/mol. The number of carbonyl (C=O) groups is 1. The Bertz CT molecular complexity index is 371. The maximum Gasteiger partial charge on any atom is 0.155 e. The Labute approximate surface area is 115 Å². The van der Waals surface area contributed by atoms with Gasteiger partial charge in [-0.2, -0.15) is 0 Å². The molecule has 0 aliphatic heterocycles. The van der Waals surface area contributed by atoms with E-state index in [4.69, 9.17) is 9.47 Å². The molecular formula is C13H15IO3. The van der Waals surface area contributed by atoms with Crippen molar-refractivity contribution in [2.24, 2.45) is 0 Å². The van der Waals surface area contributed by atoms with Crippen LogP contribution in [0.15, 0.2) is 33.9 Å². The van der Waals surface area contributed by atoms with Crippen LogP contribution >= 0.6 is 22.6 Å². The van der Waals surface area contributed by atoms with Crippen LogP contribution in [0.25, 0.3) is 0 Å². The van der Waals surface area contributed by atoms with Gasteiger partial charge in [0.1, 0.15) is 5.75 Å². The molecule has 0 bridgehead atoms. The van der Waals surface area contributed by atoms with E-state index in [0.29, 0.717) is 13.2 Å². The van der Waals surface area contributed by atoms with E-state index in [0.717, 1.165) is 27.6 Å². The summed E-state index contributed by atoms with van der Waals surface area (Å²) in [5.74, 6) is 0.845. The molecule has 0 spiro atoms. The van der Waals surface area contributed by atoms with Crippen LogP contribution in [0.2, 0.25) is 0 Å². The molecule has 0 atom stereocenters. The van der Waals surface area contributed by atoms with Crippen LogP contribution in [0.3, 0.4) is 0 Å². The van der Waals surface area contributed by atoms with Gasteiger partial charge in [0.25, 0.3) is 0 Å². The minimum Gasteiger partial charge on any atom is -0.497 e. The Kier molecular flexibility index (Phi) is 6.88. The summed E-state index contributed by atoms with van der Waals surface area (Å²) in [6, 6.07) is 7.77. The molecule has 0 heterocycles. The van der Waals surface area contributed by atoms with Crippen LogP contribution in [0.5, 0.6) is 5.75 Å². The number of hydrogen-bond donors (Lipinski definition) is 0. The first-order chi connectivity index (χ1) is 8.26. The summed E-state index contributed by atoms with van der Waals surface area (Å²) >= 11 is 2.00. The minimum absolute atomic E-state index is 0.579. The van der Waals surface area contributed by atoms with E-state index in [2.05, 4.69) is 0 Å². The molecule has 1 rings (SSSR count). The second-order valence-electron chi connectivity index (χ2n) is 3.40. The van der Waals surface area contributed by atoms with Crippen LogP contribution in [0, 0.1) is 0 Å². The Balaban J connectivity index is 2.24. The number of benzene rings is 1. The number of carbonyl (C=O) groups excluding carboxylic acids is 1. The average Bonchev–Trinajstić information content (AvgIpc) is 2.38. The van der Waals surface area contributed by atoms with E-state index < -0.39 is 0 Å². The van der Waals surface area contributed by atoms with Gasteiger partial charge in [-0.3, -0.25) is 4.79 Å². The van der Waals surface area contributed by atoms with Gasteiger partial charge in [-0.05, 0) is 46.7 Å². The molecule has 17 heavy (non-hydrogen) atoms. The quantitative estimate of drug-likeness (QED) is 0.329. The number of hydrogen-bond acceptors (Lipinski definition) is 3. The molecule has 1 aromatic rings.